The van der Waals surface area contributed by atoms with Gasteiger partial charge in [0.2, 0.25) is 0 Å². The second-order valence-corrected chi connectivity index (χ2v) is 9.45. The zero-order chi connectivity index (χ0) is 24.8. The molecule has 0 saturated heterocycles. The molecule has 4 rings (SSSR count). The molecule has 0 N–H and O–H groups in total. The Hall–Kier alpha value is -3.52. The fourth-order valence-corrected chi connectivity index (χ4v) is 4.51. The summed E-state index contributed by atoms with van der Waals surface area (Å²) in [6.45, 7) is 12.8. The van der Waals surface area contributed by atoms with Gasteiger partial charge in [-0.05, 0) is 73.5 Å². The zero-order valence-corrected chi connectivity index (χ0v) is 21.6. The number of benzene rings is 1. The van der Waals surface area contributed by atoms with Gasteiger partial charge in [0.25, 0.3) is 0 Å². The van der Waals surface area contributed by atoms with E-state index in [1.54, 1.807) is 0 Å². The Labute approximate surface area is 211 Å². The third-order valence-corrected chi connectivity index (χ3v) is 6.64. The molecule has 1 aromatic carbocycles. The minimum absolute atomic E-state index is 0.859. The van der Waals surface area contributed by atoms with E-state index in [4.69, 9.17) is 9.98 Å². The summed E-state index contributed by atoms with van der Waals surface area (Å²) in [7, 11) is 0. The van der Waals surface area contributed by atoms with Gasteiger partial charge in [-0.15, -0.1) is 0 Å². The monoisotopic (exact) mass is 460 g/mol. The van der Waals surface area contributed by atoms with E-state index < -0.39 is 0 Å². The van der Waals surface area contributed by atoms with Crippen molar-refractivity contribution in [1.29, 1.82) is 0 Å². The number of allylic oxidation sites excluding steroid dienone is 12. The van der Waals surface area contributed by atoms with Crippen molar-refractivity contribution < 1.29 is 0 Å². The molecule has 2 heteroatoms. The minimum atomic E-state index is 0.859. The number of nitrogens with zero attached hydrogens (tertiary/aromatic N) is 2. The average Bonchev–Trinajstić information content (AvgIpc) is 3.48. The Morgan fingerprint density at radius 2 is 1.74 bits per heavy atom. The summed E-state index contributed by atoms with van der Waals surface area (Å²) >= 11 is 0. The highest BCUT2D eigenvalue weighted by Crippen LogP contribution is 2.31. The molecule has 0 atom stereocenters. The molecule has 0 aromatic heterocycles. The van der Waals surface area contributed by atoms with Crippen LogP contribution in [0, 0.1) is 0 Å². The van der Waals surface area contributed by atoms with Crippen molar-refractivity contribution in [2.45, 2.75) is 59.8 Å². The SMILES string of the molecule is C=C(/C=C\C(C=Cc1ccc(C2=NC3=CCCC=C3C2)cc1)=C(C)C)C1=NC(=C/CC)/C(=C\C)C1. The molecule has 0 bridgehead atoms. The molecule has 0 fully saturated rings. The first-order valence-electron chi connectivity index (χ1n) is 12.7. The third-order valence-electron chi connectivity index (χ3n) is 6.64. The van der Waals surface area contributed by atoms with Crippen molar-refractivity contribution in [3.05, 3.63) is 124 Å². The first-order chi connectivity index (χ1) is 17.0. The fourth-order valence-electron chi connectivity index (χ4n) is 4.51. The number of hydrogen-bond acceptors (Lipinski definition) is 2. The summed E-state index contributed by atoms with van der Waals surface area (Å²) in [5.74, 6) is 0. The lowest BCUT2D eigenvalue weighted by Gasteiger charge is -2.04. The summed E-state index contributed by atoms with van der Waals surface area (Å²) in [6, 6.07) is 8.74. The third kappa shape index (κ3) is 5.95. The van der Waals surface area contributed by atoms with Gasteiger partial charge in [0.05, 0.1) is 22.8 Å². The molecule has 0 radical (unpaired) electrons. The van der Waals surface area contributed by atoms with Crippen LogP contribution in [0.4, 0.5) is 0 Å². The van der Waals surface area contributed by atoms with Crippen LogP contribution in [-0.2, 0) is 0 Å². The van der Waals surface area contributed by atoms with Crippen LogP contribution in [0.25, 0.3) is 6.08 Å². The lowest BCUT2D eigenvalue weighted by atomic mass is 9.99. The summed E-state index contributed by atoms with van der Waals surface area (Å²) in [5.41, 5.74) is 13.0. The highest BCUT2D eigenvalue weighted by Gasteiger charge is 2.20. The van der Waals surface area contributed by atoms with E-state index in [2.05, 4.69) is 107 Å². The predicted octanol–water partition coefficient (Wildman–Crippen LogP) is 9.03. The first-order valence-corrected chi connectivity index (χ1v) is 12.7. The second kappa shape index (κ2) is 11.3. The van der Waals surface area contributed by atoms with Crippen molar-refractivity contribution in [3.8, 4) is 0 Å². The molecule has 2 heterocycles. The first kappa shape index (κ1) is 24.6. The topological polar surface area (TPSA) is 24.7 Å². The van der Waals surface area contributed by atoms with E-state index in [1.807, 2.05) is 0 Å². The van der Waals surface area contributed by atoms with Crippen LogP contribution in [0.1, 0.15) is 70.9 Å². The molecule has 0 spiro atoms. The van der Waals surface area contributed by atoms with Gasteiger partial charge in [0.1, 0.15) is 0 Å². The van der Waals surface area contributed by atoms with Crippen LogP contribution in [-0.4, -0.2) is 11.4 Å². The van der Waals surface area contributed by atoms with E-state index in [1.165, 1.54) is 44.8 Å². The lowest BCUT2D eigenvalue weighted by molar-refractivity contribution is 0.987. The molecule has 178 valence electrons. The quantitative estimate of drug-likeness (QED) is 0.363. The smallest absolute Gasteiger partial charge is 0.0626 e. The standard InChI is InChI=1S/C33H36N2/c1-6-10-30-26(7-2)21-32(34-30)24(5)13-17-27(23(3)4)18-14-25-15-19-28(20-16-25)33-22-29-11-8-9-12-31(29)35-33/h7,10-20H,5-6,8-9,21-22H2,1-4H3/b17-13-,18-14?,26-7-,30-10+. The Balaban J connectivity index is 1.43. The molecule has 1 aromatic rings. The molecular weight excluding hydrogens is 424 g/mol. The van der Waals surface area contributed by atoms with Crippen molar-refractivity contribution >= 4 is 17.5 Å². The summed E-state index contributed by atoms with van der Waals surface area (Å²) in [6.07, 6.45) is 22.6. The molecule has 3 aliphatic rings. The maximum absolute atomic E-state index is 4.86. The highest BCUT2D eigenvalue weighted by atomic mass is 14.8. The fraction of sp³-hybridized carbons (Fsp3) is 0.273. The Morgan fingerprint density at radius 1 is 0.971 bits per heavy atom. The Kier molecular flexibility index (Phi) is 7.92. The maximum Gasteiger partial charge on any atom is 0.0626 e. The molecule has 35 heavy (non-hydrogen) atoms. The van der Waals surface area contributed by atoms with Gasteiger partial charge in [-0.25, -0.2) is 0 Å². The number of rotatable bonds is 7. The summed E-state index contributed by atoms with van der Waals surface area (Å²) < 4.78 is 0. The number of aliphatic imine (C=N–C) groups is 2. The number of fused-ring (bicyclic) bond motifs is 1. The van der Waals surface area contributed by atoms with Crippen LogP contribution in [0.15, 0.2) is 123 Å². The normalized spacial score (nSPS) is 19.8. The number of hydrogen-bond donors (Lipinski definition) is 0. The molecule has 0 amide bonds. The van der Waals surface area contributed by atoms with Crippen LogP contribution < -0.4 is 0 Å². The van der Waals surface area contributed by atoms with E-state index in [9.17, 15) is 0 Å². The van der Waals surface area contributed by atoms with E-state index >= 15 is 0 Å². The Morgan fingerprint density at radius 3 is 2.43 bits per heavy atom. The van der Waals surface area contributed by atoms with Gasteiger partial charge in [-0.1, -0.05) is 91.9 Å². The summed E-state index contributed by atoms with van der Waals surface area (Å²) in [5, 5.41) is 0. The van der Waals surface area contributed by atoms with Gasteiger partial charge >= 0.3 is 0 Å². The van der Waals surface area contributed by atoms with Gasteiger partial charge in [0, 0.05) is 12.8 Å². The minimum Gasteiger partial charge on any atom is -0.253 e. The largest absolute Gasteiger partial charge is 0.253 e. The van der Waals surface area contributed by atoms with E-state index in [0.29, 0.717) is 0 Å². The second-order valence-electron chi connectivity index (χ2n) is 9.45. The van der Waals surface area contributed by atoms with Crippen LogP contribution >= 0.6 is 0 Å². The molecular formula is C33H36N2. The maximum atomic E-state index is 4.86. The van der Waals surface area contributed by atoms with Crippen LogP contribution in [0.2, 0.25) is 0 Å². The van der Waals surface area contributed by atoms with Crippen molar-refractivity contribution in [3.63, 3.8) is 0 Å². The zero-order valence-electron chi connectivity index (χ0n) is 21.6. The molecule has 1 aliphatic carbocycles. The van der Waals surface area contributed by atoms with Gasteiger partial charge < -0.3 is 0 Å². The lowest BCUT2D eigenvalue weighted by Crippen LogP contribution is -1.96. The van der Waals surface area contributed by atoms with Crippen LogP contribution in [0.5, 0.6) is 0 Å². The van der Waals surface area contributed by atoms with E-state index in [-0.39, 0.29) is 0 Å². The average molecular weight is 461 g/mol. The van der Waals surface area contributed by atoms with E-state index in [0.717, 1.165) is 49.1 Å². The van der Waals surface area contributed by atoms with Gasteiger partial charge in [-0.3, -0.25) is 9.98 Å². The van der Waals surface area contributed by atoms with Crippen molar-refractivity contribution in [2.24, 2.45) is 9.98 Å². The summed E-state index contributed by atoms with van der Waals surface area (Å²) in [4.78, 5) is 9.67. The predicted molar refractivity (Wildman–Crippen MR) is 153 cm³/mol. The molecule has 0 unspecified atom stereocenters. The molecule has 0 saturated carbocycles. The van der Waals surface area contributed by atoms with Crippen molar-refractivity contribution in [1.82, 2.24) is 0 Å². The highest BCUT2D eigenvalue weighted by molar-refractivity contribution is 6.07. The molecule has 2 aliphatic heterocycles. The Bertz CT molecular complexity index is 1270. The van der Waals surface area contributed by atoms with Crippen molar-refractivity contribution in [2.75, 3.05) is 0 Å². The molecule has 2 nitrogen and oxygen atoms in total. The van der Waals surface area contributed by atoms with Gasteiger partial charge in [-0.2, -0.15) is 0 Å². The van der Waals surface area contributed by atoms with Gasteiger partial charge in [0.15, 0.2) is 0 Å². The van der Waals surface area contributed by atoms with Crippen LogP contribution in [0.3, 0.4) is 0 Å².